The Kier molecular flexibility index (Phi) is 5.52. The van der Waals surface area contributed by atoms with Gasteiger partial charge in [0.15, 0.2) is 11.5 Å². The number of H-pyrrole nitrogens is 1. The molecule has 0 aliphatic carbocycles. The summed E-state index contributed by atoms with van der Waals surface area (Å²) in [5, 5.41) is 19.4. The first-order valence-corrected chi connectivity index (χ1v) is 10.1. The smallest absolute Gasteiger partial charge is 0.261 e. The molecular formula is C19H21N5O3S. The number of anilines is 1. The fourth-order valence-electron chi connectivity index (χ4n) is 2.97. The Morgan fingerprint density at radius 3 is 2.93 bits per heavy atom. The van der Waals surface area contributed by atoms with Crippen molar-refractivity contribution in [3.63, 3.8) is 0 Å². The first-order chi connectivity index (χ1) is 13.7. The van der Waals surface area contributed by atoms with E-state index in [4.69, 9.17) is 9.47 Å². The monoisotopic (exact) mass is 399 g/mol. The molecule has 2 aromatic heterocycles. The van der Waals surface area contributed by atoms with Crippen molar-refractivity contribution < 1.29 is 14.3 Å². The number of hydrogen-bond donors (Lipinski definition) is 2. The second-order valence-electron chi connectivity index (χ2n) is 6.43. The number of carbonyl (C=O) groups is 1. The summed E-state index contributed by atoms with van der Waals surface area (Å²) in [5.41, 5.74) is 1.84. The molecule has 146 valence electrons. The van der Waals surface area contributed by atoms with Gasteiger partial charge in [-0.05, 0) is 24.6 Å². The third kappa shape index (κ3) is 3.99. The van der Waals surface area contributed by atoms with Crippen molar-refractivity contribution in [3.05, 3.63) is 35.0 Å². The van der Waals surface area contributed by atoms with Gasteiger partial charge >= 0.3 is 0 Å². The molecule has 0 unspecified atom stereocenters. The van der Waals surface area contributed by atoms with Crippen LogP contribution in [0.4, 0.5) is 5.13 Å². The standard InChI is InChI=1S/C19H21N5O3S/c1-2-3-4-5-16-22-24-19(28-16)21-18(25)13-11-20-23-17(13)12-6-7-14-15(10-12)27-9-8-26-14/h6-7,10-11H,2-5,8-9H2,1H3,(H,20,23)(H,21,24,25). The number of hydrogen-bond acceptors (Lipinski definition) is 7. The van der Waals surface area contributed by atoms with Crippen LogP contribution < -0.4 is 14.8 Å². The van der Waals surface area contributed by atoms with Gasteiger partial charge in [0, 0.05) is 12.0 Å². The predicted octanol–water partition coefficient (Wildman–Crippen LogP) is 3.68. The average Bonchev–Trinajstić information content (AvgIpc) is 3.37. The van der Waals surface area contributed by atoms with Crippen LogP contribution in [0.2, 0.25) is 0 Å². The number of ether oxygens (including phenoxy) is 2. The highest BCUT2D eigenvalue weighted by Crippen LogP contribution is 2.35. The minimum absolute atomic E-state index is 0.283. The molecule has 9 heteroatoms. The summed E-state index contributed by atoms with van der Waals surface area (Å²) in [4.78, 5) is 12.7. The average molecular weight is 399 g/mol. The first kappa shape index (κ1) is 18.4. The summed E-state index contributed by atoms with van der Waals surface area (Å²) >= 11 is 1.41. The van der Waals surface area contributed by atoms with Crippen LogP contribution in [0, 0.1) is 0 Å². The van der Waals surface area contributed by atoms with Crippen molar-refractivity contribution in [2.45, 2.75) is 32.6 Å². The molecule has 3 heterocycles. The molecule has 0 spiro atoms. The van der Waals surface area contributed by atoms with E-state index in [1.807, 2.05) is 18.2 Å². The number of unbranched alkanes of at least 4 members (excludes halogenated alkanes) is 2. The molecule has 1 aromatic carbocycles. The van der Waals surface area contributed by atoms with Gasteiger partial charge in [0.05, 0.1) is 17.5 Å². The molecule has 8 nitrogen and oxygen atoms in total. The van der Waals surface area contributed by atoms with Crippen molar-refractivity contribution in [3.8, 4) is 22.8 Å². The predicted molar refractivity (Wildman–Crippen MR) is 106 cm³/mol. The van der Waals surface area contributed by atoms with E-state index in [1.54, 1.807) is 0 Å². The zero-order valence-electron chi connectivity index (χ0n) is 15.5. The van der Waals surface area contributed by atoms with E-state index in [0.717, 1.165) is 36.3 Å². The SMILES string of the molecule is CCCCCc1nnc(NC(=O)c2cn[nH]c2-c2ccc3c(c2)OCCO3)s1. The number of benzene rings is 1. The highest BCUT2D eigenvalue weighted by molar-refractivity contribution is 7.15. The number of aromatic amines is 1. The summed E-state index contributed by atoms with van der Waals surface area (Å²) in [6.45, 7) is 3.20. The summed E-state index contributed by atoms with van der Waals surface area (Å²) in [5.74, 6) is 1.07. The molecule has 0 atom stereocenters. The van der Waals surface area contributed by atoms with Crippen molar-refractivity contribution in [1.29, 1.82) is 0 Å². The highest BCUT2D eigenvalue weighted by atomic mass is 32.1. The zero-order chi connectivity index (χ0) is 19.3. The summed E-state index contributed by atoms with van der Waals surface area (Å²) in [6.07, 6.45) is 5.79. The third-order valence-corrected chi connectivity index (χ3v) is 5.29. The number of amides is 1. The van der Waals surface area contributed by atoms with Gasteiger partial charge in [-0.2, -0.15) is 5.10 Å². The quantitative estimate of drug-likeness (QED) is 0.588. The van der Waals surface area contributed by atoms with Crippen LogP contribution in [0.5, 0.6) is 11.5 Å². The molecular weight excluding hydrogens is 378 g/mol. The van der Waals surface area contributed by atoms with E-state index < -0.39 is 0 Å². The number of nitrogens with one attached hydrogen (secondary N) is 2. The van der Waals surface area contributed by atoms with Crippen LogP contribution in [0.3, 0.4) is 0 Å². The summed E-state index contributed by atoms with van der Waals surface area (Å²) in [6, 6.07) is 5.55. The van der Waals surface area contributed by atoms with E-state index in [-0.39, 0.29) is 5.91 Å². The van der Waals surface area contributed by atoms with Crippen LogP contribution >= 0.6 is 11.3 Å². The molecule has 1 aliphatic heterocycles. The molecule has 28 heavy (non-hydrogen) atoms. The first-order valence-electron chi connectivity index (χ1n) is 9.31. The third-order valence-electron chi connectivity index (χ3n) is 4.40. The lowest BCUT2D eigenvalue weighted by Crippen LogP contribution is -2.15. The zero-order valence-corrected chi connectivity index (χ0v) is 16.3. The molecule has 0 radical (unpaired) electrons. The maximum absolute atomic E-state index is 12.7. The fraction of sp³-hybridized carbons (Fsp3) is 0.368. The molecule has 0 bridgehead atoms. The molecule has 1 aliphatic rings. The van der Waals surface area contributed by atoms with E-state index in [1.165, 1.54) is 17.5 Å². The van der Waals surface area contributed by atoms with Gasteiger partial charge in [0.2, 0.25) is 5.13 Å². The minimum Gasteiger partial charge on any atom is -0.486 e. The van der Waals surface area contributed by atoms with Crippen LogP contribution in [0.15, 0.2) is 24.4 Å². The molecule has 0 saturated heterocycles. The maximum Gasteiger partial charge on any atom is 0.261 e. The maximum atomic E-state index is 12.7. The summed E-state index contributed by atoms with van der Waals surface area (Å²) < 4.78 is 11.2. The number of rotatable bonds is 7. The van der Waals surface area contributed by atoms with E-state index in [9.17, 15) is 4.79 Å². The normalized spacial score (nSPS) is 12.8. The van der Waals surface area contributed by atoms with Crippen molar-refractivity contribution >= 4 is 22.4 Å². The number of carbonyl (C=O) groups excluding carboxylic acids is 1. The van der Waals surface area contributed by atoms with Gasteiger partial charge in [-0.1, -0.05) is 31.1 Å². The second-order valence-corrected chi connectivity index (χ2v) is 7.49. The lowest BCUT2D eigenvalue weighted by Gasteiger charge is -2.18. The fourth-order valence-corrected chi connectivity index (χ4v) is 3.75. The van der Waals surface area contributed by atoms with Gasteiger partial charge in [0.25, 0.3) is 5.91 Å². The molecule has 3 aromatic rings. The lowest BCUT2D eigenvalue weighted by atomic mass is 10.1. The Bertz CT molecular complexity index is 968. The Hall–Kier alpha value is -2.94. The van der Waals surface area contributed by atoms with Gasteiger partial charge in [-0.25, -0.2) is 0 Å². The van der Waals surface area contributed by atoms with Gasteiger partial charge in [-0.15, -0.1) is 10.2 Å². The van der Waals surface area contributed by atoms with E-state index in [0.29, 0.717) is 41.1 Å². The topological polar surface area (TPSA) is 102 Å². The molecule has 1 amide bonds. The second kappa shape index (κ2) is 8.39. The van der Waals surface area contributed by atoms with Crippen LogP contribution in [0.1, 0.15) is 41.6 Å². The minimum atomic E-state index is -0.283. The number of nitrogens with zero attached hydrogens (tertiary/aromatic N) is 3. The molecule has 4 rings (SSSR count). The molecule has 2 N–H and O–H groups in total. The number of fused-ring (bicyclic) bond motifs is 1. The Labute approximate surface area is 166 Å². The molecule has 0 saturated carbocycles. The largest absolute Gasteiger partial charge is 0.486 e. The Morgan fingerprint density at radius 1 is 1.21 bits per heavy atom. The van der Waals surface area contributed by atoms with Gasteiger partial charge in [0.1, 0.15) is 18.2 Å². The van der Waals surface area contributed by atoms with E-state index >= 15 is 0 Å². The van der Waals surface area contributed by atoms with Crippen molar-refractivity contribution in [1.82, 2.24) is 20.4 Å². The van der Waals surface area contributed by atoms with Gasteiger partial charge < -0.3 is 9.47 Å². The number of aromatic nitrogens is 4. The lowest BCUT2D eigenvalue weighted by molar-refractivity contribution is 0.102. The summed E-state index contributed by atoms with van der Waals surface area (Å²) in [7, 11) is 0. The van der Waals surface area contributed by atoms with Crippen molar-refractivity contribution in [2.24, 2.45) is 0 Å². The Morgan fingerprint density at radius 2 is 2.07 bits per heavy atom. The Balaban J connectivity index is 1.49. The van der Waals surface area contributed by atoms with Crippen molar-refractivity contribution in [2.75, 3.05) is 18.5 Å². The number of aryl methyl sites for hydroxylation is 1. The van der Waals surface area contributed by atoms with Gasteiger partial charge in [-0.3, -0.25) is 15.2 Å². The van der Waals surface area contributed by atoms with Crippen LogP contribution in [0.25, 0.3) is 11.3 Å². The van der Waals surface area contributed by atoms with E-state index in [2.05, 4.69) is 32.6 Å². The van der Waals surface area contributed by atoms with Crippen LogP contribution in [-0.2, 0) is 6.42 Å². The molecule has 0 fully saturated rings. The highest BCUT2D eigenvalue weighted by Gasteiger charge is 2.19. The van der Waals surface area contributed by atoms with Crippen LogP contribution in [-0.4, -0.2) is 39.5 Å².